The lowest BCUT2D eigenvalue weighted by atomic mass is 10.1. The van der Waals surface area contributed by atoms with Crippen LogP contribution in [-0.2, 0) is 0 Å². The Morgan fingerprint density at radius 1 is 0.696 bits per heavy atom. The van der Waals surface area contributed by atoms with E-state index < -0.39 is 14.2 Å². The van der Waals surface area contributed by atoms with Gasteiger partial charge in [0.1, 0.15) is 16.6 Å². The van der Waals surface area contributed by atoms with Crippen molar-refractivity contribution in [1.29, 1.82) is 0 Å². The molecule has 0 fully saturated rings. The number of rotatable bonds is 13. The van der Waals surface area contributed by atoms with Gasteiger partial charge in [-0.1, -0.05) is 41.5 Å². The van der Waals surface area contributed by atoms with Gasteiger partial charge in [-0.15, -0.1) is 0 Å². The Labute approximate surface area is 341 Å². The number of halogens is 1. The molecule has 0 saturated heterocycles. The van der Waals surface area contributed by atoms with Crippen LogP contribution in [0, 0.1) is 3.57 Å². The lowest BCUT2D eigenvalue weighted by Crippen LogP contribution is -2.51. The zero-order valence-corrected chi connectivity index (χ0v) is 36.9. The summed E-state index contributed by atoms with van der Waals surface area (Å²) in [5, 5.41) is 9.22. The van der Waals surface area contributed by atoms with E-state index >= 15 is 0 Å². The molecule has 4 heterocycles. The van der Waals surface area contributed by atoms with Crippen LogP contribution in [0.4, 0.5) is 0 Å². The van der Waals surface area contributed by atoms with Gasteiger partial charge in [0.15, 0.2) is 42.5 Å². The predicted molar refractivity (Wildman–Crippen MR) is 228 cm³/mol. The van der Waals surface area contributed by atoms with E-state index in [0.717, 1.165) is 26.0 Å². The molecule has 0 spiro atoms. The fourth-order valence-corrected chi connectivity index (χ4v) is 15.3. The lowest BCUT2D eigenvalue weighted by molar-refractivity contribution is 0.0699. The minimum absolute atomic E-state index is 0.0618. The third-order valence-corrected chi connectivity index (χ3v) is 17.7. The van der Waals surface area contributed by atoms with Gasteiger partial charge in [0.05, 0.1) is 70.0 Å². The van der Waals surface area contributed by atoms with Gasteiger partial charge < -0.3 is 42.7 Å². The average molecular weight is 897 g/mol. The van der Waals surface area contributed by atoms with Crippen molar-refractivity contribution in [3.63, 3.8) is 0 Å². The Hall–Kier alpha value is -5.10. The summed E-state index contributed by atoms with van der Waals surface area (Å²) >= 11 is 2.39. The van der Waals surface area contributed by atoms with Crippen molar-refractivity contribution in [2.45, 2.75) is 58.2 Å². The van der Waals surface area contributed by atoms with Crippen molar-refractivity contribution < 1.29 is 38.3 Å². The summed E-state index contributed by atoms with van der Waals surface area (Å²) in [4.78, 5) is 32.7. The van der Waals surface area contributed by atoms with E-state index in [1.807, 2.05) is 18.3 Å². The first-order chi connectivity index (χ1) is 26.7. The third-order valence-electron chi connectivity index (χ3n) is 10.2. The Morgan fingerprint density at radius 3 is 1.52 bits per heavy atom. The number of fused-ring (bicyclic) bond motifs is 2. The number of aromatic nitrogens is 6. The van der Waals surface area contributed by atoms with E-state index in [4.69, 9.17) is 38.4 Å². The van der Waals surface area contributed by atoms with E-state index in [2.05, 4.69) is 89.5 Å². The van der Waals surface area contributed by atoms with Crippen LogP contribution >= 0.6 is 22.6 Å². The zero-order valence-electron chi connectivity index (χ0n) is 33.8. The number of carboxylic acid groups (broad SMARTS) is 1. The predicted octanol–water partition coefficient (Wildman–Crippen LogP) is 9.10. The lowest BCUT2D eigenvalue weighted by Gasteiger charge is -2.44. The van der Waals surface area contributed by atoms with Crippen LogP contribution in [-0.4, -0.2) is 91.1 Å². The molecule has 0 saturated carbocycles. The second-order valence-electron chi connectivity index (χ2n) is 13.9. The molecule has 298 valence electrons. The quantitative estimate of drug-likeness (QED) is 0.0836. The molecule has 0 atom stereocenters. The zero-order chi connectivity index (χ0) is 41.1. The molecule has 0 bridgehead atoms. The second kappa shape index (κ2) is 17.4. The molecule has 0 radical (unpaired) electrons. The largest absolute Gasteiger partial charge is 0.493 e. The van der Waals surface area contributed by atoms with Crippen molar-refractivity contribution in [3.8, 4) is 57.0 Å². The molecule has 2 aromatic carbocycles. The van der Waals surface area contributed by atoms with Gasteiger partial charge in [0, 0.05) is 23.5 Å². The van der Waals surface area contributed by atoms with Gasteiger partial charge >= 0.3 is 5.97 Å². The highest BCUT2D eigenvalue weighted by Crippen LogP contribution is 2.46. The van der Waals surface area contributed by atoms with Gasteiger partial charge in [0.25, 0.3) is 0 Å². The maximum Gasteiger partial charge on any atom is 0.339 e. The van der Waals surface area contributed by atoms with Crippen LogP contribution in [0.3, 0.4) is 0 Å². The number of ether oxygens (including phenoxy) is 6. The smallest absolute Gasteiger partial charge is 0.339 e. The summed E-state index contributed by atoms with van der Waals surface area (Å²) in [6.07, 6.45) is 7.04. The number of benzene rings is 2. The summed E-state index contributed by atoms with van der Waals surface area (Å²) in [6, 6.07) is 7.28. The normalized spacial score (nSPS) is 11.6. The third kappa shape index (κ3) is 7.55. The fraction of sp³-hybridized carbons (Fsp3) is 0.375. The molecule has 6 aromatic rings. The molecule has 0 aliphatic heterocycles. The molecule has 56 heavy (non-hydrogen) atoms. The molecule has 0 unspecified atom stereocenters. The molecule has 6 rings (SSSR count). The minimum atomic E-state index is -1.93. The van der Waals surface area contributed by atoms with Gasteiger partial charge in [-0.05, 0) is 63.5 Å². The average Bonchev–Trinajstić information content (AvgIpc) is 3.77. The maximum atomic E-state index is 11.3. The first-order valence-corrected chi connectivity index (χ1v) is 21.2. The van der Waals surface area contributed by atoms with Gasteiger partial charge in [-0.25, -0.2) is 24.7 Å². The molecular formula is C40H49IN6O8Si. The molecule has 0 aliphatic rings. The highest BCUT2D eigenvalue weighted by Gasteiger charge is 2.46. The molecule has 16 heteroatoms. The summed E-state index contributed by atoms with van der Waals surface area (Å²) < 4.78 is 36.1. The molecule has 14 nitrogen and oxygen atoms in total. The monoisotopic (exact) mass is 896 g/mol. The number of methoxy groups -OCH3 is 6. The van der Waals surface area contributed by atoms with Crippen molar-refractivity contribution in [2.24, 2.45) is 0 Å². The minimum Gasteiger partial charge on any atom is -0.493 e. The Kier molecular flexibility index (Phi) is 13.0. The van der Waals surface area contributed by atoms with Crippen molar-refractivity contribution in [1.82, 2.24) is 29.2 Å². The van der Waals surface area contributed by atoms with Gasteiger partial charge in [0.2, 0.25) is 11.5 Å². The number of H-pyrrole nitrogens is 1. The highest BCUT2D eigenvalue weighted by atomic mass is 127. The van der Waals surface area contributed by atoms with Gasteiger partial charge in [-0.3, -0.25) is 0 Å². The van der Waals surface area contributed by atoms with Crippen molar-refractivity contribution >= 4 is 59.1 Å². The molecule has 2 N–H and O–H groups in total. The number of carboxylic acids is 1. The number of hydrogen-bond acceptors (Lipinski definition) is 11. The van der Waals surface area contributed by atoms with Crippen LogP contribution in [0.1, 0.15) is 51.9 Å². The van der Waals surface area contributed by atoms with E-state index in [1.165, 1.54) is 27.5 Å². The summed E-state index contributed by atoms with van der Waals surface area (Å²) in [6.45, 7) is 14.2. The van der Waals surface area contributed by atoms with Crippen LogP contribution < -0.4 is 28.4 Å². The summed E-state index contributed by atoms with van der Waals surface area (Å²) in [7, 11) is 7.46. The first-order valence-electron chi connectivity index (χ1n) is 17.9. The first kappa shape index (κ1) is 42.0. The van der Waals surface area contributed by atoms with Gasteiger partial charge in [-0.2, -0.15) is 0 Å². The maximum absolute atomic E-state index is 11.3. The van der Waals surface area contributed by atoms with Crippen LogP contribution in [0.25, 0.3) is 44.8 Å². The van der Waals surface area contributed by atoms with Crippen LogP contribution in [0.5, 0.6) is 34.5 Å². The number of aromatic amines is 1. The van der Waals surface area contributed by atoms with E-state index in [-0.39, 0.29) is 11.1 Å². The fourth-order valence-electron chi connectivity index (χ4n) is 7.88. The number of nitrogens with one attached hydrogen (secondary N) is 1. The summed E-state index contributed by atoms with van der Waals surface area (Å²) in [5.41, 5.74) is 7.20. The van der Waals surface area contributed by atoms with Crippen LogP contribution in [0.2, 0.25) is 16.6 Å². The Morgan fingerprint density at radius 2 is 1.12 bits per heavy atom. The Balaban J connectivity index is 0.000000223. The number of carbonyl (C=O) groups is 1. The Bertz CT molecular complexity index is 2290. The number of aromatic carboxylic acids is 1. The second-order valence-corrected chi connectivity index (χ2v) is 20.8. The van der Waals surface area contributed by atoms with E-state index in [1.54, 1.807) is 39.7 Å². The topological polar surface area (TPSA) is 165 Å². The van der Waals surface area contributed by atoms with Crippen molar-refractivity contribution in [2.75, 3.05) is 42.7 Å². The molecule has 0 aliphatic carbocycles. The molecule has 4 aromatic heterocycles. The van der Waals surface area contributed by atoms with E-state index in [0.29, 0.717) is 68.0 Å². The highest BCUT2D eigenvalue weighted by molar-refractivity contribution is 14.1. The number of nitrogens with zero attached hydrogens (tertiary/aromatic N) is 5. The summed E-state index contributed by atoms with van der Waals surface area (Å²) in [5.74, 6) is 2.10. The van der Waals surface area contributed by atoms with Crippen LogP contribution in [0.15, 0.2) is 49.1 Å². The van der Waals surface area contributed by atoms with Crippen molar-refractivity contribution in [3.05, 3.63) is 58.2 Å². The molecular weight excluding hydrogens is 847 g/mol. The SMILES string of the molecule is COc1cc(-c2cnc3[nH]cc(C(=O)O)c3n2)cc(OC)c1OC.COc1cc(-c2cnc3c(n2)c(I)cn3[Si](C(C)C)(C(C)C)C(C)C)cc(OC)c1OC. The number of hydrogen-bond donors (Lipinski definition) is 2. The molecule has 0 amide bonds. The standard InChI is InChI=1S/C24H34IN3O3Si.C16H15N3O5/c1-14(2)32(15(3)4,16(5)6)28-13-18(25)22-24(28)26-12-19(27-22)17-10-20(29-7)23(31-9)21(11-17)30-8;1-22-11-4-8(5-12(23-2)14(11)24-3)10-7-18-15-13(19-10)9(6-17-15)16(20)21/h10-16H,1-9H3;4-7H,1-3H3,(H,17,18)(H,20,21). The van der Waals surface area contributed by atoms with E-state index in [9.17, 15) is 9.90 Å².